The molecule has 108 valence electrons. The first-order valence-electron chi connectivity index (χ1n) is 6.28. The molecule has 0 aliphatic rings. The number of carboxylic acids is 1. The van der Waals surface area contributed by atoms with Crippen LogP contribution in [0.25, 0.3) is 0 Å². The number of ketones is 1. The van der Waals surface area contributed by atoms with E-state index in [0.717, 1.165) is 0 Å². The van der Waals surface area contributed by atoms with E-state index in [4.69, 9.17) is 10.5 Å². The van der Waals surface area contributed by atoms with Crippen LogP contribution in [-0.2, 0) is 4.79 Å². The maximum Gasteiger partial charge on any atom is 1.00 e. The van der Waals surface area contributed by atoms with Crippen molar-refractivity contribution >= 4 is 11.8 Å². The van der Waals surface area contributed by atoms with E-state index in [2.05, 4.69) is 0 Å². The van der Waals surface area contributed by atoms with Gasteiger partial charge in [0.2, 0.25) is 0 Å². The second-order valence-electron chi connectivity index (χ2n) is 4.49. The van der Waals surface area contributed by atoms with E-state index in [1.165, 1.54) is 19.2 Å². The molecular weight excluding hydrogens is 293 g/mol. The molecule has 0 radical (unpaired) electrons. The summed E-state index contributed by atoms with van der Waals surface area (Å²) in [5, 5.41) is 10.9. The van der Waals surface area contributed by atoms with Gasteiger partial charge in [0.1, 0.15) is 5.75 Å². The number of carbonyl (C=O) groups excluding carboxylic acids is 2. The van der Waals surface area contributed by atoms with Crippen molar-refractivity contribution in [2.45, 2.75) is 6.04 Å². The fourth-order valence-electron chi connectivity index (χ4n) is 1.94. The number of benzene rings is 2. The monoisotopic (exact) mass is 307 g/mol. The van der Waals surface area contributed by atoms with Crippen LogP contribution in [-0.4, -0.2) is 18.9 Å². The van der Waals surface area contributed by atoms with Crippen molar-refractivity contribution in [2.24, 2.45) is 5.73 Å². The Labute approximate surface area is 150 Å². The quantitative estimate of drug-likeness (QED) is 0.494. The zero-order chi connectivity index (χ0) is 15.4. The zero-order valence-electron chi connectivity index (χ0n) is 12.4. The minimum Gasteiger partial charge on any atom is -0.548 e. The summed E-state index contributed by atoms with van der Waals surface area (Å²) in [6, 6.07) is 11.8. The first kappa shape index (κ1) is 18.4. The van der Waals surface area contributed by atoms with Crippen LogP contribution < -0.4 is 45.1 Å². The molecule has 0 amide bonds. The van der Waals surface area contributed by atoms with Gasteiger partial charge < -0.3 is 20.4 Å². The summed E-state index contributed by atoms with van der Waals surface area (Å²) in [4.78, 5) is 23.3. The molecule has 2 aromatic carbocycles. The Morgan fingerprint density at radius 2 is 1.73 bits per heavy atom. The number of hydrogen-bond donors (Lipinski definition) is 1. The van der Waals surface area contributed by atoms with Crippen LogP contribution in [0.3, 0.4) is 0 Å². The summed E-state index contributed by atoms with van der Waals surface area (Å²) in [6.45, 7) is 0. The Kier molecular flexibility index (Phi) is 6.77. The zero-order valence-corrected chi connectivity index (χ0v) is 14.4. The molecule has 0 aliphatic heterocycles. The summed E-state index contributed by atoms with van der Waals surface area (Å²) < 4.78 is 5.09. The molecule has 22 heavy (non-hydrogen) atoms. The van der Waals surface area contributed by atoms with E-state index in [-0.39, 0.29) is 40.9 Å². The van der Waals surface area contributed by atoms with E-state index in [0.29, 0.717) is 16.9 Å². The molecule has 1 unspecified atom stereocenters. The number of methoxy groups -OCH3 is 1. The third kappa shape index (κ3) is 4.18. The number of rotatable bonds is 5. The average Bonchev–Trinajstić information content (AvgIpc) is 2.53. The van der Waals surface area contributed by atoms with Gasteiger partial charge in [0.25, 0.3) is 0 Å². The number of hydrogen-bond acceptors (Lipinski definition) is 5. The van der Waals surface area contributed by atoms with Crippen LogP contribution in [0.2, 0.25) is 0 Å². The fraction of sp³-hybridized carbons (Fsp3) is 0.125. The van der Waals surface area contributed by atoms with Crippen LogP contribution >= 0.6 is 0 Å². The summed E-state index contributed by atoms with van der Waals surface area (Å²) in [5.41, 5.74) is 6.61. The van der Waals surface area contributed by atoms with Gasteiger partial charge in [-0.05, 0) is 23.8 Å². The fourth-order valence-corrected chi connectivity index (χ4v) is 1.94. The smallest absolute Gasteiger partial charge is 0.548 e. The number of carbonyl (C=O) groups is 2. The molecule has 0 saturated carbocycles. The standard InChI is InChI=1S/C16H15NO4.Na/c1-21-13-8-11(14(17)16(19)20)7-12(9-13)15(18)10-5-3-2-4-6-10;/h2-9,14H,17H2,1H3,(H,19,20);/q;+1/p-1. The molecule has 2 rings (SSSR count). The van der Waals surface area contributed by atoms with Gasteiger partial charge in [0, 0.05) is 11.1 Å². The molecule has 0 heterocycles. The molecule has 2 N–H and O–H groups in total. The van der Waals surface area contributed by atoms with Gasteiger partial charge in [-0.3, -0.25) is 4.79 Å². The topological polar surface area (TPSA) is 92.5 Å². The van der Waals surface area contributed by atoms with Crippen LogP contribution in [0.15, 0.2) is 48.5 Å². The van der Waals surface area contributed by atoms with Crippen LogP contribution in [0.4, 0.5) is 0 Å². The Morgan fingerprint density at radius 3 is 2.27 bits per heavy atom. The molecule has 0 fully saturated rings. The van der Waals surface area contributed by atoms with Gasteiger partial charge in [0.15, 0.2) is 5.78 Å². The van der Waals surface area contributed by atoms with Gasteiger partial charge >= 0.3 is 29.6 Å². The Morgan fingerprint density at radius 1 is 1.09 bits per heavy atom. The molecule has 0 saturated heterocycles. The predicted octanol–water partition coefficient (Wildman–Crippen LogP) is -2.32. The number of ether oxygens (including phenoxy) is 1. The second-order valence-corrected chi connectivity index (χ2v) is 4.49. The Bertz CT molecular complexity index is 673. The van der Waals surface area contributed by atoms with Crippen molar-refractivity contribution in [1.29, 1.82) is 0 Å². The van der Waals surface area contributed by atoms with Gasteiger partial charge in [0.05, 0.1) is 19.1 Å². The second kappa shape index (κ2) is 8.10. The van der Waals surface area contributed by atoms with Crippen molar-refractivity contribution in [3.05, 3.63) is 65.2 Å². The van der Waals surface area contributed by atoms with Crippen molar-refractivity contribution < 1.29 is 49.0 Å². The van der Waals surface area contributed by atoms with Crippen molar-refractivity contribution in [1.82, 2.24) is 0 Å². The Balaban J connectivity index is 0.00000242. The molecular formula is C16H14NNaO4. The maximum atomic E-state index is 12.4. The number of carboxylic acid groups (broad SMARTS) is 1. The third-order valence-corrected chi connectivity index (χ3v) is 3.08. The maximum absolute atomic E-state index is 12.4. The van der Waals surface area contributed by atoms with Crippen LogP contribution in [0, 0.1) is 0 Å². The molecule has 1 atom stereocenters. The largest absolute Gasteiger partial charge is 1.00 e. The SMILES string of the molecule is COc1cc(C(=O)c2ccccc2)cc(C(N)C(=O)[O-])c1.[Na+]. The van der Waals surface area contributed by atoms with Gasteiger partial charge in [-0.1, -0.05) is 30.3 Å². The van der Waals surface area contributed by atoms with E-state index in [1.807, 2.05) is 0 Å². The molecule has 0 aromatic heterocycles. The van der Waals surface area contributed by atoms with Crippen molar-refractivity contribution in [3.8, 4) is 5.75 Å². The van der Waals surface area contributed by atoms with Crippen molar-refractivity contribution in [2.75, 3.05) is 7.11 Å². The van der Waals surface area contributed by atoms with Gasteiger partial charge in [-0.25, -0.2) is 0 Å². The van der Waals surface area contributed by atoms with E-state index in [1.54, 1.807) is 36.4 Å². The summed E-state index contributed by atoms with van der Waals surface area (Å²) in [5.74, 6) is -1.29. The average molecular weight is 307 g/mol. The first-order chi connectivity index (χ1) is 10.0. The van der Waals surface area contributed by atoms with E-state index in [9.17, 15) is 14.7 Å². The molecule has 5 nitrogen and oxygen atoms in total. The minimum absolute atomic E-state index is 0. The van der Waals surface area contributed by atoms with Crippen LogP contribution in [0.1, 0.15) is 27.5 Å². The molecule has 0 bridgehead atoms. The summed E-state index contributed by atoms with van der Waals surface area (Å²) >= 11 is 0. The van der Waals surface area contributed by atoms with E-state index >= 15 is 0 Å². The number of aliphatic carboxylic acids is 1. The number of nitrogens with two attached hydrogens (primary N) is 1. The molecule has 0 spiro atoms. The van der Waals surface area contributed by atoms with Crippen LogP contribution in [0.5, 0.6) is 5.75 Å². The molecule has 0 aliphatic carbocycles. The first-order valence-corrected chi connectivity index (χ1v) is 6.28. The third-order valence-electron chi connectivity index (χ3n) is 3.08. The summed E-state index contributed by atoms with van der Waals surface area (Å²) in [6.07, 6.45) is 0. The molecule has 6 heteroatoms. The van der Waals surface area contributed by atoms with Gasteiger partial charge in [-0.2, -0.15) is 0 Å². The summed E-state index contributed by atoms with van der Waals surface area (Å²) in [7, 11) is 1.43. The normalized spacial score (nSPS) is 11.2. The van der Waals surface area contributed by atoms with Crippen molar-refractivity contribution in [3.63, 3.8) is 0 Å². The van der Waals surface area contributed by atoms with E-state index < -0.39 is 12.0 Å². The van der Waals surface area contributed by atoms with Gasteiger partial charge in [-0.15, -0.1) is 0 Å². The predicted molar refractivity (Wildman–Crippen MR) is 74.8 cm³/mol. The molecule has 2 aromatic rings. The Hall–Kier alpha value is -1.66. The minimum atomic E-state index is -1.42.